The molecule has 0 aliphatic rings. The van der Waals surface area contributed by atoms with Crippen LogP contribution in [-0.4, -0.2) is 71.2 Å². The van der Waals surface area contributed by atoms with Crippen LogP contribution in [0.4, 0.5) is 0 Å². The molecule has 0 saturated heterocycles. The maximum Gasteiger partial charge on any atom is 0.0904 e. The van der Waals surface area contributed by atoms with Crippen LogP contribution >= 0.6 is 0 Å². The van der Waals surface area contributed by atoms with Crippen LogP contribution in [0.1, 0.15) is 0 Å². The van der Waals surface area contributed by atoms with Crippen LogP contribution in [0.25, 0.3) is 0 Å². The monoisotopic (exact) mass is 268 g/mol. The second-order valence-electron chi connectivity index (χ2n) is 3.10. The normalized spacial score (nSPS) is 11.0. The van der Waals surface area contributed by atoms with Gasteiger partial charge < -0.3 is 34.1 Å². The molecule has 0 aliphatic carbocycles. The number of nitrogens with one attached hydrogen (secondary N) is 1. The van der Waals surface area contributed by atoms with E-state index >= 15 is 0 Å². The van der Waals surface area contributed by atoms with Gasteiger partial charge >= 0.3 is 0 Å². The van der Waals surface area contributed by atoms with Crippen LogP contribution in [0.2, 0.25) is 0 Å². The highest BCUT2D eigenvalue weighted by Gasteiger charge is 1.92. The summed E-state index contributed by atoms with van der Waals surface area (Å²) in [6.45, 7) is 3.76. The Morgan fingerprint density at radius 3 is 1.44 bits per heavy atom. The van der Waals surface area contributed by atoms with E-state index in [0.717, 1.165) is 0 Å². The molecule has 0 heterocycles. The predicted octanol–water partition coefficient (Wildman–Crippen LogP) is -0.936. The highest BCUT2D eigenvalue weighted by atomic mass is 16.8. The topological polar surface area (TPSA) is 101 Å². The predicted molar refractivity (Wildman–Crippen MR) is 62.8 cm³/mol. The maximum atomic E-state index is 9.66. The molecule has 2 N–H and O–H groups in total. The van der Waals surface area contributed by atoms with Crippen LogP contribution in [0.5, 0.6) is 0 Å². The molecule has 0 saturated carbocycles. The first-order chi connectivity index (χ1) is 8.91. The van der Waals surface area contributed by atoms with E-state index in [4.69, 9.17) is 24.1 Å². The summed E-state index contributed by atoms with van der Waals surface area (Å²) in [7, 11) is 0. The van der Waals surface area contributed by atoms with Crippen molar-refractivity contribution in [2.24, 2.45) is 0 Å². The Hall–Kier alpha value is -0.320. The molecule has 0 aliphatic heterocycles. The van der Waals surface area contributed by atoms with E-state index in [-0.39, 0.29) is 13.2 Å². The minimum Gasteiger partial charge on any atom is -0.765 e. The number of aliphatic hydroxyl groups excluding tert-OH is 1. The van der Waals surface area contributed by atoms with Crippen molar-refractivity contribution >= 4 is 0 Å². The van der Waals surface area contributed by atoms with Crippen molar-refractivity contribution < 1.29 is 28.9 Å². The third-order valence-corrected chi connectivity index (χ3v) is 1.74. The van der Waals surface area contributed by atoms with Gasteiger partial charge in [-0.1, -0.05) is 0 Å². The Bertz CT molecular complexity index is 134. The SMILES string of the molecule is [O-]NOCCOCCOCCOCCOCCO. The number of rotatable bonds is 15. The molecule has 0 amide bonds. The zero-order valence-corrected chi connectivity index (χ0v) is 10.5. The lowest BCUT2D eigenvalue weighted by atomic mass is 10.7. The summed E-state index contributed by atoms with van der Waals surface area (Å²) in [4.78, 5) is 4.31. The molecule has 8 heteroatoms. The second-order valence-corrected chi connectivity index (χ2v) is 3.10. The van der Waals surface area contributed by atoms with E-state index in [1.807, 2.05) is 0 Å². The van der Waals surface area contributed by atoms with Crippen LogP contribution < -0.4 is 5.64 Å². The van der Waals surface area contributed by atoms with Crippen molar-refractivity contribution in [1.82, 2.24) is 5.64 Å². The summed E-state index contributed by atoms with van der Waals surface area (Å²) in [5.74, 6) is 0. The van der Waals surface area contributed by atoms with Gasteiger partial charge in [0.15, 0.2) is 0 Å². The van der Waals surface area contributed by atoms with Gasteiger partial charge in [-0.15, -0.1) is 0 Å². The molecule has 0 fully saturated rings. The summed E-state index contributed by atoms with van der Waals surface area (Å²) in [6.07, 6.45) is 0. The summed E-state index contributed by atoms with van der Waals surface area (Å²) in [5, 5.41) is 18.1. The Morgan fingerprint density at radius 2 is 1.06 bits per heavy atom. The molecule has 0 unspecified atom stereocenters. The fraction of sp³-hybridized carbons (Fsp3) is 1.00. The standard InChI is InChI=1S/C10H22NO7/c12-1-2-14-3-4-15-5-6-16-7-8-17-9-10-18-11-13/h11-12H,1-10H2/q-1. The van der Waals surface area contributed by atoms with Gasteiger partial charge in [-0.05, 0) is 0 Å². The van der Waals surface area contributed by atoms with E-state index < -0.39 is 0 Å². The molecule has 0 radical (unpaired) electrons. The van der Waals surface area contributed by atoms with Gasteiger partial charge in [0.2, 0.25) is 0 Å². The van der Waals surface area contributed by atoms with Gasteiger partial charge in [0.05, 0.1) is 66.1 Å². The average molecular weight is 268 g/mol. The third-order valence-electron chi connectivity index (χ3n) is 1.74. The first kappa shape index (κ1) is 17.7. The van der Waals surface area contributed by atoms with Gasteiger partial charge in [0.1, 0.15) is 0 Å². The summed E-state index contributed by atoms with van der Waals surface area (Å²) < 4.78 is 20.5. The number of hydrogen-bond acceptors (Lipinski definition) is 8. The molecular weight excluding hydrogens is 246 g/mol. The smallest absolute Gasteiger partial charge is 0.0904 e. The van der Waals surface area contributed by atoms with Gasteiger partial charge in [-0.25, -0.2) is 0 Å². The van der Waals surface area contributed by atoms with Crippen molar-refractivity contribution in [2.75, 3.05) is 66.1 Å². The van der Waals surface area contributed by atoms with Crippen LogP contribution in [0, 0.1) is 5.21 Å². The zero-order chi connectivity index (χ0) is 13.3. The molecule has 0 bridgehead atoms. The molecular formula is C10H22NO7-. The van der Waals surface area contributed by atoms with Crippen molar-refractivity contribution in [1.29, 1.82) is 0 Å². The second kappa shape index (κ2) is 16.7. The van der Waals surface area contributed by atoms with Crippen molar-refractivity contribution in [3.05, 3.63) is 5.21 Å². The molecule has 110 valence electrons. The highest BCUT2D eigenvalue weighted by Crippen LogP contribution is 1.82. The Labute approximate surface area is 107 Å². The average Bonchev–Trinajstić information content (AvgIpc) is 2.39. The Morgan fingerprint density at radius 1 is 0.667 bits per heavy atom. The molecule has 0 atom stereocenters. The Kier molecular flexibility index (Phi) is 16.4. The molecule has 18 heavy (non-hydrogen) atoms. The third kappa shape index (κ3) is 15.7. The molecule has 0 aromatic rings. The van der Waals surface area contributed by atoms with E-state index in [1.54, 1.807) is 0 Å². The lowest BCUT2D eigenvalue weighted by Crippen LogP contribution is -2.15. The largest absolute Gasteiger partial charge is 0.765 e. The highest BCUT2D eigenvalue weighted by molar-refractivity contribution is 4.35. The molecule has 8 nitrogen and oxygen atoms in total. The number of aliphatic hydroxyl groups is 1. The molecule has 0 spiro atoms. The minimum absolute atomic E-state index is 0.0268. The molecule has 0 aromatic heterocycles. The van der Waals surface area contributed by atoms with Gasteiger partial charge in [-0.2, -0.15) is 0 Å². The van der Waals surface area contributed by atoms with Gasteiger partial charge in [0, 0.05) is 0 Å². The van der Waals surface area contributed by atoms with Crippen molar-refractivity contribution in [3.63, 3.8) is 0 Å². The fourth-order valence-corrected chi connectivity index (χ4v) is 0.969. The molecule has 0 aromatic carbocycles. The zero-order valence-electron chi connectivity index (χ0n) is 10.5. The minimum atomic E-state index is 0.0268. The number of ether oxygens (including phenoxy) is 4. The van der Waals surface area contributed by atoms with Crippen molar-refractivity contribution in [3.8, 4) is 0 Å². The van der Waals surface area contributed by atoms with Crippen molar-refractivity contribution in [2.45, 2.75) is 0 Å². The van der Waals surface area contributed by atoms with E-state index in [1.165, 1.54) is 5.64 Å². The van der Waals surface area contributed by atoms with Crippen LogP contribution in [0.15, 0.2) is 0 Å². The first-order valence-electron chi connectivity index (χ1n) is 5.82. The van der Waals surface area contributed by atoms with Crippen LogP contribution in [-0.2, 0) is 23.8 Å². The Balaban J connectivity index is 2.86. The number of hydrogen-bond donors (Lipinski definition) is 2. The lowest BCUT2D eigenvalue weighted by molar-refractivity contribution is -0.0210. The summed E-state index contributed by atoms with van der Waals surface area (Å²) in [6, 6.07) is 0. The van der Waals surface area contributed by atoms with Crippen LogP contribution in [0.3, 0.4) is 0 Å². The first-order valence-corrected chi connectivity index (χ1v) is 5.82. The van der Waals surface area contributed by atoms with E-state index in [2.05, 4.69) is 4.84 Å². The quantitative estimate of drug-likeness (QED) is 0.290. The maximum absolute atomic E-state index is 9.66. The lowest BCUT2D eigenvalue weighted by Gasteiger charge is -2.09. The van der Waals surface area contributed by atoms with Gasteiger partial charge in [0.25, 0.3) is 0 Å². The fourth-order valence-electron chi connectivity index (χ4n) is 0.969. The summed E-state index contributed by atoms with van der Waals surface area (Å²) in [5.41, 5.74) is 1.31. The van der Waals surface area contributed by atoms with E-state index in [9.17, 15) is 5.21 Å². The van der Waals surface area contributed by atoms with E-state index in [0.29, 0.717) is 52.9 Å². The summed E-state index contributed by atoms with van der Waals surface area (Å²) >= 11 is 0. The molecule has 0 rings (SSSR count). The van der Waals surface area contributed by atoms with Gasteiger partial charge in [-0.3, -0.25) is 5.64 Å².